The van der Waals surface area contributed by atoms with Crippen LogP contribution in [0.5, 0.6) is 0 Å². The standard InChI is InChI=1S/C12H22N2O4S/c1-8(2)11-12(16)14(5-6-19(4,17)18)9(3)7-10(15)13-11/h8-9,11H,5-7H2,1-4H3,(H,13,15). The van der Waals surface area contributed by atoms with Crippen molar-refractivity contribution in [3.8, 4) is 0 Å². The highest BCUT2D eigenvalue weighted by atomic mass is 32.2. The van der Waals surface area contributed by atoms with Crippen LogP contribution < -0.4 is 5.32 Å². The van der Waals surface area contributed by atoms with E-state index in [1.54, 1.807) is 6.92 Å². The number of nitrogens with zero attached hydrogens (tertiary/aromatic N) is 1. The maximum atomic E-state index is 12.4. The average molecular weight is 290 g/mol. The van der Waals surface area contributed by atoms with Gasteiger partial charge in [-0.15, -0.1) is 0 Å². The molecule has 0 aromatic rings. The Morgan fingerprint density at radius 3 is 2.42 bits per heavy atom. The molecule has 2 amide bonds. The summed E-state index contributed by atoms with van der Waals surface area (Å²) in [5.41, 5.74) is 0. The van der Waals surface area contributed by atoms with E-state index in [0.29, 0.717) is 0 Å². The van der Waals surface area contributed by atoms with Gasteiger partial charge in [0.2, 0.25) is 11.8 Å². The lowest BCUT2D eigenvalue weighted by Crippen LogP contribution is -2.50. The fourth-order valence-corrected chi connectivity index (χ4v) is 2.64. The van der Waals surface area contributed by atoms with Crippen molar-refractivity contribution in [2.75, 3.05) is 18.6 Å². The maximum Gasteiger partial charge on any atom is 0.245 e. The van der Waals surface area contributed by atoms with Crippen LogP contribution in [0.15, 0.2) is 0 Å². The first kappa shape index (κ1) is 15.9. The molecule has 0 bridgehead atoms. The second-order valence-electron chi connectivity index (χ2n) is 5.50. The number of carbonyl (C=O) groups is 2. The molecule has 0 aromatic carbocycles. The summed E-state index contributed by atoms with van der Waals surface area (Å²) in [5.74, 6) is -0.469. The molecule has 2 unspecified atom stereocenters. The summed E-state index contributed by atoms with van der Waals surface area (Å²) in [4.78, 5) is 25.6. The molecular formula is C12H22N2O4S. The van der Waals surface area contributed by atoms with Crippen LogP contribution in [0.4, 0.5) is 0 Å². The zero-order valence-corrected chi connectivity index (χ0v) is 12.7. The first-order valence-electron chi connectivity index (χ1n) is 6.39. The van der Waals surface area contributed by atoms with E-state index in [2.05, 4.69) is 5.32 Å². The van der Waals surface area contributed by atoms with Crippen molar-refractivity contribution in [1.29, 1.82) is 0 Å². The van der Waals surface area contributed by atoms with Gasteiger partial charge in [0.1, 0.15) is 15.9 Å². The Labute approximate surface area is 114 Å². The average Bonchev–Trinajstić information content (AvgIpc) is 2.32. The first-order valence-corrected chi connectivity index (χ1v) is 8.45. The van der Waals surface area contributed by atoms with Crippen molar-refractivity contribution >= 4 is 21.7 Å². The number of carbonyl (C=O) groups excluding carboxylic acids is 2. The first-order chi connectivity index (χ1) is 8.61. The van der Waals surface area contributed by atoms with Crippen LogP contribution in [-0.4, -0.2) is 55.8 Å². The van der Waals surface area contributed by atoms with E-state index in [4.69, 9.17) is 0 Å². The monoisotopic (exact) mass is 290 g/mol. The number of sulfone groups is 1. The summed E-state index contributed by atoms with van der Waals surface area (Å²) in [5, 5.41) is 2.71. The molecule has 19 heavy (non-hydrogen) atoms. The Balaban J connectivity index is 2.91. The lowest BCUT2D eigenvalue weighted by atomic mass is 10.0. The summed E-state index contributed by atoms with van der Waals surface area (Å²) in [7, 11) is -3.13. The van der Waals surface area contributed by atoms with Gasteiger partial charge < -0.3 is 10.2 Å². The minimum Gasteiger partial charge on any atom is -0.344 e. The quantitative estimate of drug-likeness (QED) is 0.776. The molecule has 0 spiro atoms. The van der Waals surface area contributed by atoms with E-state index in [9.17, 15) is 18.0 Å². The number of rotatable bonds is 4. The van der Waals surface area contributed by atoms with Crippen molar-refractivity contribution < 1.29 is 18.0 Å². The van der Waals surface area contributed by atoms with Gasteiger partial charge in [-0.3, -0.25) is 9.59 Å². The molecule has 1 heterocycles. The molecule has 0 radical (unpaired) electrons. The summed E-state index contributed by atoms with van der Waals surface area (Å²) < 4.78 is 22.5. The number of hydrogen-bond donors (Lipinski definition) is 1. The van der Waals surface area contributed by atoms with E-state index >= 15 is 0 Å². The third-order valence-corrected chi connectivity index (χ3v) is 4.17. The molecule has 2 atom stereocenters. The zero-order valence-electron chi connectivity index (χ0n) is 11.8. The highest BCUT2D eigenvalue weighted by Gasteiger charge is 2.35. The third kappa shape index (κ3) is 4.49. The van der Waals surface area contributed by atoms with Crippen molar-refractivity contribution in [1.82, 2.24) is 10.2 Å². The lowest BCUT2D eigenvalue weighted by Gasteiger charge is -2.29. The molecular weight excluding hydrogens is 268 g/mol. The second-order valence-corrected chi connectivity index (χ2v) is 7.76. The highest BCUT2D eigenvalue weighted by Crippen LogP contribution is 2.15. The SMILES string of the molecule is CC(C)C1NC(=O)CC(C)N(CCS(C)(=O)=O)C1=O. The summed E-state index contributed by atoms with van der Waals surface area (Å²) in [6.45, 7) is 5.61. The van der Waals surface area contributed by atoms with Crippen LogP contribution >= 0.6 is 0 Å². The van der Waals surface area contributed by atoms with E-state index in [1.807, 2.05) is 13.8 Å². The van der Waals surface area contributed by atoms with Crippen LogP contribution in [0.2, 0.25) is 0 Å². The van der Waals surface area contributed by atoms with Gasteiger partial charge in [-0.2, -0.15) is 0 Å². The van der Waals surface area contributed by atoms with E-state index in [0.717, 1.165) is 6.26 Å². The van der Waals surface area contributed by atoms with Crippen LogP contribution in [0, 0.1) is 5.92 Å². The molecule has 0 aliphatic carbocycles. The van der Waals surface area contributed by atoms with Gasteiger partial charge >= 0.3 is 0 Å². The third-order valence-electron chi connectivity index (χ3n) is 3.25. The normalized spacial score (nSPS) is 25.4. The lowest BCUT2D eigenvalue weighted by molar-refractivity contribution is -0.135. The van der Waals surface area contributed by atoms with Gasteiger partial charge in [0.25, 0.3) is 0 Å². The molecule has 1 saturated heterocycles. The van der Waals surface area contributed by atoms with E-state index < -0.39 is 15.9 Å². The van der Waals surface area contributed by atoms with Crippen molar-refractivity contribution in [3.63, 3.8) is 0 Å². The van der Waals surface area contributed by atoms with Gasteiger partial charge in [-0.25, -0.2) is 8.42 Å². The molecule has 1 aliphatic heterocycles. The molecule has 0 aromatic heterocycles. The molecule has 110 valence electrons. The smallest absolute Gasteiger partial charge is 0.245 e. The van der Waals surface area contributed by atoms with Crippen LogP contribution in [0.3, 0.4) is 0 Å². The summed E-state index contributed by atoms with van der Waals surface area (Å²) in [6, 6.07) is -0.852. The largest absolute Gasteiger partial charge is 0.344 e. The fourth-order valence-electron chi connectivity index (χ4n) is 2.12. The number of hydrogen-bond acceptors (Lipinski definition) is 4. The Hall–Kier alpha value is -1.11. The fraction of sp³-hybridized carbons (Fsp3) is 0.833. The number of nitrogens with one attached hydrogen (secondary N) is 1. The van der Waals surface area contributed by atoms with Gasteiger partial charge in [0.05, 0.1) is 5.75 Å². The van der Waals surface area contributed by atoms with Gasteiger partial charge in [0.15, 0.2) is 0 Å². The molecule has 7 heteroatoms. The van der Waals surface area contributed by atoms with Gasteiger partial charge in [-0.05, 0) is 12.8 Å². The molecule has 1 rings (SSSR count). The zero-order chi connectivity index (χ0) is 14.8. The highest BCUT2D eigenvalue weighted by molar-refractivity contribution is 7.90. The van der Waals surface area contributed by atoms with Crippen molar-refractivity contribution in [3.05, 3.63) is 0 Å². The summed E-state index contributed by atoms with van der Waals surface area (Å²) >= 11 is 0. The summed E-state index contributed by atoms with van der Waals surface area (Å²) in [6.07, 6.45) is 1.35. The van der Waals surface area contributed by atoms with E-state index in [1.165, 1.54) is 4.90 Å². The molecule has 0 saturated carbocycles. The van der Waals surface area contributed by atoms with Gasteiger partial charge in [-0.1, -0.05) is 13.8 Å². The Kier molecular flexibility index (Phi) is 4.95. The molecule has 1 aliphatic rings. The topological polar surface area (TPSA) is 83.6 Å². The molecule has 1 N–H and O–H groups in total. The van der Waals surface area contributed by atoms with Crippen molar-refractivity contribution in [2.24, 2.45) is 5.92 Å². The minimum atomic E-state index is -3.13. The minimum absolute atomic E-state index is 0.0255. The van der Waals surface area contributed by atoms with E-state index in [-0.39, 0.29) is 42.5 Å². The molecule has 6 nitrogen and oxygen atoms in total. The van der Waals surface area contributed by atoms with Crippen LogP contribution in [-0.2, 0) is 19.4 Å². The molecule has 1 fully saturated rings. The number of amides is 2. The van der Waals surface area contributed by atoms with Crippen LogP contribution in [0.25, 0.3) is 0 Å². The Morgan fingerprint density at radius 2 is 1.95 bits per heavy atom. The van der Waals surface area contributed by atoms with Crippen molar-refractivity contribution in [2.45, 2.75) is 39.3 Å². The van der Waals surface area contributed by atoms with Crippen LogP contribution in [0.1, 0.15) is 27.2 Å². The Bertz CT molecular complexity index is 458. The van der Waals surface area contributed by atoms with Gasteiger partial charge in [0, 0.05) is 25.3 Å². The Morgan fingerprint density at radius 1 is 1.37 bits per heavy atom. The predicted octanol–water partition coefficient (Wildman–Crippen LogP) is -0.207. The predicted molar refractivity (Wildman–Crippen MR) is 72.3 cm³/mol. The second kappa shape index (κ2) is 5.90. The maximum absolute atomic E-state index is 12.4.